The number of hydrogen-bond donors (Lipinski definition) is 2. The standard InChI is InChI=1S/C21H20FN5OS/c1-12-7-8-16(22)15-10-17(24-19(12)15)20(28)23-14-6-4-5-13(9-14)21-26-25-18(29-21)11-27(2)3/h4-10,24H,11H2,1-3H3,(H,23,28). The average molecular weight is 409 g/mol. The first-order valence-electron chi connectivity index (χ1n) is 9.07. The minimum atomic E-state index is -0.354. The molecule has 0 fully saturated rings. The number of rotatable bonds is 5. The lowest BCUT2D eigenvalue weighted by Crippen LogP contribution is -2.12. The summed E-state index contributed by atoms with van der Waals surface area (Å²) in [7, 11) is 3.96. The number of nitrogens with one attached hydrogen (secondary N) is 2. The van der Waals surface area contributed by atoms with E-state index in [1.165, 1.54) is 23.5 Å². The van der Waals surface area contributed by atoms with Gasteiger partial charge < -0.3 is 15.2 Å². The van der Waals surface area contributed by atoms with Gasteiger partial charge in [0, 0.05) is 16.6 Å². The molecule has 0 bridgehead atoms. The highest BCUT2D eigenvalue weighted by Gasteiger charge is 2.14. The van der Waals surface area contributed by atoms with Gasteiger partial charge in [-0.3, -0.25) is 4.79 Å². The van der Waals surface area contributed by atoms with Gasteiger partial charge in [-0.15, -0.1) is 10.2 Å². The Balaban J connectivity index is 1.56. The molecular weight excluding hydrogens is 389 g/mol. The van der Waals surface area contributed by atoms with Crippen LogP contribution < -0.4 is 5.32 Å². The molecule has 148 valence electrons. The second kappa shape index (κ2) is 7.73. The fraction of sp³-hybridized carbons (Fsp3) is 0.190. The molecule has 0 unspecified atom stereocenters. The monoisotopic (exact) mass is 409 g/mol. The third-order valence-corrected chi connectivity index (χ3v) is 5.44. The molecule has 2 aromatic carbocycles. The van der Waals surface area contributed by atoms with Gasteiger partial charge in [-0.1, -0.05) is 29.5 Å². The van der Waals surface area contributed by atoms with E-state index in [1.54, 1.807) is 12.1 Å². The summed E-state index contributed by atoms with van der Waals surface area (Å²) in [5.41, 5.74) is 3.33. The van der Waals surface area contributed by atoms with Gasteiger partial charge in [-0.05, 0) is 50.8 Å². The number of carbonyl (C=O) groups is 1. The molecule has 8 heteroatoms. The molecule has 0 saturated heterocycles. The largest absolute Gasteiger partial charge is 0.350 e. The van der Waals surface area contributed by atoms with Crippen LogP contribution in [0.5, 0.6) is 0 Å². The summed E-state index contributed by atoms with van der Waals surface area (Å²) in [6, 6.07) is 12.1. The summed E-state index contributed by atoms with van der Waals surface area (Å²) in [6.45, 7) is 2.60. The number of nitrogens with zero attached hydrogens (tertiary/aromatic N) is 3. The Morgan fingerprint density at radius 1 is 1.21 bits per heavy atom. The van der Waals surface area contributed by atoms with E-state index >= 15 is 0 Å². The summed E-state index contributed by atoms with van der Waals surface area (Å²) in [4.78, 5) is 17.7. The predicted octanol–water partition coefficient (Wildman–Crippen LogP) is 4.45. The maximum absolute atomic E-state index is 14.0. The first kappa shape index (κ1) is 19.2. The molecule has 1 amide bonds. The van der Waals surface area contributed by atoms with Crippen LogP contribution in [0.2, 0.25) is 0 Å². The molecule has 0 spiro atoms. The Labute approximate surface area is 171 Å². The number of halogens is 1. The SMILES string of the molecule is Cc1ccc(F)c2cc(C(=O)Nc3cccc(-c4nnc(CN(C)C)s4)c3)[nH]c12. The molecule has 2 aromatic heterocycles. The molecule has 4 aromatic rings. The normalized spacial score (nSPS) is 11.3. The molecule has 0 aliphatic rings. The molecule has 0 atom stereocenters. The van der Waals surface area contributed by atoms with Crippen molar-refractivity contribution in [2.45, 2.75) is 13.5 Å². The van der Waals surface area contributed by atoms with Crippen LogP contribution in [0.25, 0.3) is 21.5 Å². The summed E-state index contributed by atoms with van der Waals surface area (Å²) >= 11 is 1.52. The van der Waals surface area contributed by atoms with E-state index in [9.17, 15) is 9.18 Å². The van der Waals surface area contributed by atoms with Crippen molar-refractivity contribution < 1.29 is 9.18 Å². The number of aromatic nitrogens is 3. The number of amides is 1. The third kappa shape index (κ3) is 4.03. The van der Waals surface area contributed by atoms with Gasteiger partial charge in [0.15, 0.2) is 0 Å². The van der Waals surface area contributed by atoms with Crippen molar-refractivity contribution in [3.63, 3.8) is 0 Å². The molecule has 0 radical (unpaired) electrons. The second-order valence-electron chi connectivity index (χ2n) is 7.11. The van der Waals surface area contributed by atoms with Gasteiger partial charge in [0.25, 0.3) is 5.91 Å². The molecule has 29 heavy (non-hydrogen) atoms. The molecule has 0 aliphatic heterocycles. The summed E-state index contributed by atoms with van der Waals surface area (Å²) in [5.74, 6) is -0.685. The molecule has 6 nitrogen and oxygen atoms in total. The molecule has 4 rings (SSSR count). The minimum absolute atomic E-state index is 0.308. The number of fused-ring (bicyclic) bond motifs is 1. The Morgan fingerprint density at radius 2 is 2.03 bits per heavy atom. The van der Waals surface area contributed by atoms with Gasteiger partial charge in [0.1, 0.15) is 21.5 Å². The Morgan fingerprint density at radius 3 is 2.79 bits per heavy atom. The Hall–Kier alpha value is -3.10. The molecule has 0 saturated carbocycles. The van der Waals surface area contributed by atoms with Crippen LogP contribution in [-0.2, 0) is 6.54 Å². The van der Waals surface area contributed by atoms with E-state index in [-0.39, 0.29) is 11.7 Å². The smallest absolute Gasteiger partial charge is 0.272 e. The zero-order valence-electron chi connectivity index (χ0n) is 16.3. The van der Waals surface area contributed by atoms with Crippen LogP contribution in [0.3, 0.4) is 0 Å². The van der Waals surface area contributed by atoms with Crippen molar-refractivity contribution in [2.24, 2.45) is 0 Å². The lowest BCUT2D eigenvalue weighted by molar-refractivity contribution is 0.102. The van der Waals surface area contributed by atoms with Crippen LogP contribution in [0.4, 0.5) is 10.1 Å². The number of aromatic amines is 1. The van der Waals surface area contributed by atoms with Crippen LogP contribution >= 0.6 is 11.3 Å². The Bertz CT molecular complexity index is 1160. The van der Waals surface area contributed by atoms with E-state index in [0.717, 1.165) is 27.7 Å². The molecule has 2 heterocycles. The van der Waals surface area contributed by atoms with Crippen molar-refractivity contribution in [3.8, 4) is 10.6 Å². The predicted molar refractivity (Wildman–Crippen MR) is 114 cm³/mol. The topological polar surface area (TPSA) is 73.9 Å². The number of H-pyrrole nitrogens is 1. The molecular formula is C21H20FN5OS. The van der Waals surface area contributed by atoms with E-state index in [4.69, 9.17) is 0 Å². The van der Waals surface area contributed by atoms with Crippen molar-refractivity contribution in [2.75, 3.05) is 19.4 Å². The fourth-order valence-electron chi connectivity index (χ4n) is 3.08. The van der Waals surface area contributed by atoms with E-state index in [1.807, 2.05) is 44.1 Å². The number of hydrogen-bond acceptors (Lipinski definition) is 5. The number of carbonyl (C=O) groups excluding carboxylic acids is 1. The third-order valence-electron chi connectivity index (χ3n) is 4.48. The van der Waals surface area contributed by atoms with Crippen LogP contribution in [0, 0.1) is 12.7 Å². The van der Waals surface area contributed by atoms with Gasteiger partial charge in [0.05, 0.1) is 12.1 Å². The minimum Gasteiger partial charge on any atom is -0.350 e. The van der Waals surface area contributed by atoms with E-state index in [0.29, 0.717) is 22.3 Å². The molecule has 2 N–H and O–H groups in total. The van der Waals surface area contributed by atoms with E-state index < -0.39 is 0 Å². The van der Waals surface area contributed by atoms with Gasteiger partial charge in [-0.2, -0.15) is 0 Å². The van der Waals surface area contributed by atoms with Crippen molar-refractivity contribution in [1.82, 2.24) is 20.1 Å². The zero-order chi connectivity index (χ0) is 20.5. The maximum atomic E-state index is 14.0. The average Bonchev–Trinajstić information content (AvgIpc) is 3.33. The van der Waals surface area contributed by atoms with Gasteiger partial charge in [0.2, 0.25) is 0 Å². The first-order valence-corrected chi connectivity index (χ1v) is 9.89. The lowest BCUT2D eigenvalue weighted by Gasteiger charge is -2.05. The first-order chi connectivity index (χ1) is 13.9. The molecule has 0 aliphatic carbocycles. The highest BCUT2D eigenvalue weighted by Crippen LogP contribution is 2.27. The van der Waals surface area contributed by atoms with Gasteiger partial charge >= 0.3 is 0 Å². The van der Waals surface area contributed by atoms with Crippen LogP contribution in [0.1, 0.15) is 21.1 Å². The number of benzene rings is 2. The van der Waals surface area contributed by atoms with E-state index in [2.05, 4.69) is 20.5 Å². The van der Waals surface area contributed by atoms with Crippen LogP contribution in [0.15, 0.2) is 42.5 Å². The maximum Gasteiger partial charge on any atom is 0.272 e. The van der Waals surface area contributed by atoms with Gasteiger partial charge in [-0.25, -0.2) is 4.39 Å². The van der Waals surface area contributed by atoms with Crippen LogP contribution in [-0.4, -0.2) is 40.1 Å². The summed E-state index contributed by atoms with van der Waals surface area (Å²) < 4.78 is 14.0. The Kier molecular flexibility index (Phi) is 5.12. The quantitative estimate of drug-likeness (QED) is 0.511. The zero-order valence-corrected chi connectivity index (χ0v) is 17.1. The fourth-order valence-corrected chi connectivity index (χ4v) is 4.03. The van der Waals surface area contributed by atoms with Crippen molar-refractivity contribution in [1.29, 1.82) is 0 Å². The second-order valence-corrected chi connectivity index (χ2v) is 8.17. The number of anilines is 1. The summed E-state index contributed by atoms with van der Waals surface area (Å²) in [6.07, 6.45) is 0. The highest BCUT2D eigenvalue weighted by molar-refractivity contribution is 7.14. The summed E-state index contributed by atoms with van der Waals surface area (Å²) in [5, 5.41) is 13.4. The highest BCUT2D eigenvalue weighted by atomic mass is 32.1. The van der Waals surface area contributed by atoms with Crippen molar-refractivity contribution >= 4 is 33.8 Å². The lowest BCUT2D eigenvalue weighted by atomic mass is 10.1. The van der Waals surface area contributed by atoms with Crippen molar-refractivity contribution in [3.05, 3.63) is 64.5 Å². The number of aryl methyl sites for hydroxylation is 1.